The van der Waals surface area contributed by atoms with Crippen molar-refractivity contribution in [2.45, 2.75) is 38.0 Å². The molecule has 20 heavy (non-hydrogen) atoms. The van der Waals surface area contributed by atoms with Gasteiger partial charge in [0.05, 0.1) is 18.8 Å². The highest BCUT2D eigenvalue weighted by molar-refractivity contribution is 5.26. The molecule has 2 heterocycles. The number of hydrazine groups is 1. The van der Waals surface area contributed by atoms with Crippen LogP contribution in [0.5, 0.6) is 0 Å². The predicted molar refractivity (Wildman–Crippen MR) is 75.5 cm³/mol. The molecule has 0 aliphatic carbocycles. The molecule has 0 radical (unpaired) electrons. The van der Waals surface area contributed by atoms with Crippen LogP contribution in [-0.2, 0) is 4.74 Å². The number of nitrogens with two attached hydrogens (primary N) is 1. The van der Waals surface area contributed by atoms with Crippen LogP contribution in [0.1, 0.15) is 30.0 Å². The number of hydrogen-bond acceptors (Lipinski definition) is 4. The van der Waals surface area contributed by atoms with Crippen LogP contribution in [0.3, 0.4) is 0 Å². The quantitative estimate of drug-likeness (QED) is 0.650. The highest BCUT2D eigenvalue weighted by Gasteiger charge is 2.36. The van der Waals surface area contributed by atoms with Gasteiger partial charge in [0.1, 0.15) is 5.82 Å². The van der Waals surface area contributed by atoms with E-state index >= 15 is 0 Å². The smallest absolute Gasteiger partial charge is 0.126 e. The van der Waals surface area contributed by atoms with Gasteiger partial charge in [-0.25, -0.2) is 4.39 Å². The Hall–Kier alpha value is -1.01. The van der Waals surface area contributed by atoms with Gasteiger partial charge in [-0.2, -0.15) is 0 Å². The Bertz CT molecular complexity index is 482. The molecule has 2 saturated heterocycles. The first kappa shape index (κ1) is 13.9. The van der Waals surface area contributed by atoms with E-state index in [9.17, 15) is 4.39 Å². The number of nitrogens with zero attached hydrogens (tertiary/aromatic N) is 1. The van der Waals surface area contributed by atoms with Crippen LogP contribution < -0.4 is 11.3 Å². The first-order valence-corrected chi connectivity index (χ1v) is 7.27. The Kier molecular flexibility index (Phi) is 4.03. The number of rotatable bonds is 3. The van der Waals surface area contributed by atoms with Crippen molar-refractivity contribution >= 4 is 0 Å². The van der Waals surface area contributed by atoms with Crippen molar-refractivity contribution < 1.29 is 9.13 Å². The molecule has 2 aliphatic rings. The zero-order valence-electron chi connectivity index (χ0n) is 11.8. The predicted octanol–water partition coefficient (Wildman–Crippen LogP) is 1.50. The summed E-state index contributed by atoms with van der Waals surface area (Å²) in [5.74, 6) is 5.49. The topological polar surface area (TPSA) is 50.5 Å². The summed E-state index contributed by atoms with van der Waals surface area (Å²) in [4.78, 5) is 2.46. The molecule has 0 bridgehead atoms. The molecule has 0 aromatic heterocycles. The summed E-state index contributed by atoms with van der Waals surface area (Å²) in [5.41, 5.74) is 4.29. The second-order valence-electron chi connectivity index (χ2n) is 5.82. The number of nitrogens with one attached hydrogen (secondary N) is 1. The lowest BCUT2D eigenvalue weighted by Gasteiger charge is -2.38. The summed E-state index contributed by atoms with van der Waals surface area (Å²) >= 11 is 0. The Morgan fingerprint density at radius 1 is 1.50 bits per heavy atom. The van der Waals surface area contributed by atoms with Crippen molar-refractivity contribution in [3.8, 4) is 0 Å². The number of morpholine rings is 1. The summed E-state index contributed by atoms with van der Waals surface area (Å²) in [6, 6.07) is 5.64. The maximum atomic E-state index is 13.7. The third-order valence-corrected chi connectivity index (χ3v) is 4.52. The van der Waals surface area contributed by atoms with Crippen molar-refractivity contribution in [1.82, 2.24) is 10.3 Å². The molecule has 3 N–H and O–H groups in total. The summed E-state index contributed by atoms with van der Waals surface area (Å²) in [6.45, 7) is 4.49. The van der Waals surface area contributed by atoms with Crippen molar-refractivity contribution in [2.75, 3.05) is 19.7 Å². The van der Waals surface area contributed by atoms with Gasteiger partial charge in [0.15, 0.2) is 0 Å². The van der Waals surface area contributed by atoms with Crippen LogP contribution in [0.15, 0.2) is 18.2 Å². The van der Waals surface area contributed by atoms with Gasteiger partial charge in [0, 0.05) is 12.6 Å². The minimum atomic E-state index is -0.197. The van der Waals surface area contributed by atoms with Gasteiger partial charge in [0.2, 0.25) is 0 Å². The molecule has 2 aliphatic heterocycles. The lowest BCUT2D eigenvalue weighted by molar-refractivity contribution is -0.0653. The molecule has 110 valence electrons. The average Bonchev–Trinajstić information content (AvgIpc) is 2.91. The molecule has 4 nitrogen and oxygen atoms in total. The van der Waals surface area contributed by atoms with Crippen molar-refractivity contribution in [3.05, 3.63) is 35.1 Å². The fourth-order valence-electron chi connectivity index (χ4n) is 3.27. The molecular weight excluding hydrogens is 257 g/mol. The summed E-state index contributed by atoms with van der Waals surface area (Å²) in [5, 5.41) is 0. The van der Waals surface area contributed by atoms with Crippen molar-refractivity contribution in [2.24, 2.45) is 5.84 Å². The standard InChI is InChI=1S/C15H22FN3O/c1-10-4-5-11(7-13(10)16)15(18-17)14-8-19-6-2-3-12(19)9-20-14/h4-5,7,12,14-15,18H,2-3,6,8-9,17H2,1H3. The minimum Gasteiger partial charge on any atom is -0.373 e. The lowest BCUT2D eigenvalue weighted by atomic mass is 9.98. The lowest BCUT2D eigenvalue weighted by Crippen LogP contribution is -2.51. The monoisotopic (exact) mass is 279 g/mol. The SMILES string of the molecule is Cc1ccc(C(NN)C2CN3CCCC3CO2)cc1F. The van der Waals surface area contributed by atoms with Crippen molar-refractivity contribution in [1.29, 1.82) is 0 Å². The second-order valence-corrected chi connectivity index (χ2v) is 5.82. The van der Waals surface area contributed by atoms with E-state index in [4.69, 9.17) is 10.6 Å². The van der Waals surface area contributed by atoms with E-state index in [0.717, 1.165) is 25.3 Å². The van der Waals surface area contributed by atoms with Crippen LogP contribution in [0, 0.1) is 12.7 Å². The highest BCUT2D eigenvalue weighted by atomic mass is 19.1. The number of hydrogen-bond donors (Lipinski definition) is 2. The highest BCUT2D eigenvalue weighted by Crippen LogP contribution is 2.29. The molecule has 0 amide bonds. The Balaban J connectivity index is 1.77. The van der Waals surface area contributed by atoms with Gasteiger partial charge >= 0.3 is 0 Å². The molecule has 3 unspecified atom stereocenters. The molecule has 3 rings (SSSR count). The number of ether oxygens (including phenoxy) is 1. The van der Waals surface area contributed by atoms with Crippen LogP contribution >= 0.6 is 0 Å². The fraction of sp³-hybridized carbons (Fsp3) is 0.600. The van der Waals surface area contributed by atoms with E-state index in [2.05, 4.69) is 10.3 Å². The van der Waals surface area contributed by atoms with Crippen LogP contribution in [0.4, 0.5) is 4.39 Å². The second kappa shape index (κ2) is 5.77. The van der Waals surface area contributed by atoms with Crippen molar-refractivity contribution in [3.63, 3.8) is 0 Å². The molecule has 5 heteroatoms. The van der Waals surface area contributed by atoms with Crippen LogP contribution in [-0.4, -0.2) is 36.7 Å². The van der Waals surface area contributed by atoms with Crippen LogP contribution in [0.25, 0.3) is 0 Å². The molecular formula is C15H22FN3O. The third-order valence-electron chi connectivity index (χ3n) is 4.52. The Morgan fingerprint density at radius 2 is 2.35 bits per heavy atom. The summed E-state index contributed by atoms with van der Waals surface area (Å²) in [6.07, 6.45) is 2.42. The number of fused-ring (bicyclic) bond motifs is 1. The average molecular weight is 279 g/mol. The maximum Gasteiger partial charge on any atom is 0.126 e. The van der Waals surface area contributed by atoms with Gasteiger partial charge in [-0.05, 0) is 43.5 Å². The van der Waals surface area contributed by atoms with Gasteiger partial charge in [-0.3, -0.25) is 16.2 Å². The van der Waals surface area contributed by atoms with Gasteiger partial charge in [0.25, 0.3) is 0 Å². The number of halogens is 1. The van der Waals surface area contributed by atoms with E-state index in [1.807, 2.05) is 6.07 Å². The third kappa shape index (κ3) is 2.59. The van der Waals surface area contributed by atoms with Gasteiger partial charge in [-0.15, -0.1) is 0 Å². The van der Waals surface area contributed by atoms with Crippen LogP contribution in [0.2, 0.25) is 0 Å². The van der Waals surface area contributed by atoms with E-state index in [1.54, 1.807) is 19.1 Å². The molecule has 3 atom stereocenters. The van der Waals surface area contributed by atoms with Gasteiger partial charge < -0.3 is 4.74 Å². The van der Waals surface area contributed by atoms with E-state index in [-0.39, 0.29) is 18.0 Å². The number of aryl methyl sites for hydroxylation is 1. The first-order chi connectivity index (χ1) is 9.69. The summed E-state index contributed by atoms with van der Waals surface area (Å²) < 4.78 is 19.7. The van der Waals surface area contributed by atoms with E-state index in [0.29, 0.717) is 11.6 Å². The minimum absolute atomic E-state index is 0.0311. The zero-order chi connectivity index (χ0) is 14.1. The molecule has 2 fully saturated rings. The first-order valence-electron chi connectivity index (χ1n) is 7.27. The fourth-order valence-corrected chi connectivity index (χ4v) is 3.27. The van der Waals surface area contributed by atoms with Gasteiger partial charge in [-0.1, -0.05) is 12.1 Å². The normalized spacial score (nSPS) is 28.4. The summed E-state index contributed by atoms with van der Waals surface area (Å²) in [7, 11) is 0. The Labute approximate surface area is 119 Å². The van der Waals surface area contributed by atoms with E-state index < -0.39 is 0 Å². The zero-order valence-corrected chi connectivity index (χ0v) is 11.8. The molecule has 1 aromatic carbocycles. The Morgan fingerprint density at radius 3 is 3.10 bits per heavy atom. The van der Waals surface area contributed by atoms with E-state index in [1.165, 1.54) is 12.8 Å². The molecule has 1 aromatic rings. The number of benzene rings is 1. The molecule has 0 saturated carbocycles. The maximum absolute atomic E-state index is 13.7. The molecule has 0 spiro atoms. The largest absolute Gasteiger partial charge is 0.373 e.